The van der Waals surface area contributed by atoms with Crippen molar-refractivity contribution in [3.05, 3.63) is 54.0 Å². The van der Waals surface area contributed by atoms with E-state index in [2.05, 4.69) is 26.3 Å². The van der Waals surface area contributed by atoms with Gasteiger partial charge in [-0.25, -0.2) is 4.98 Å². The Bertz CT molecular complexity index is 1010. The molecule has 160 valence electrons. The molecule has 8 nitrogen and oxygen atoms in total. The summed E-state index contributed by atoms with van der Waals surface area (Å²) >= 11 is 0. The Hall–Kier alpha value is -3.26. The summed E-state index contributed by atoms with van der Waals surface area (Å²) in [6, 6.07) is 6.05. The van der Waals surface area contributed by atoms with Gasteiger partial charge in [0.1, 0.15) is 5.82 Å². The summed E-state index contributed by atoms with van der Waals surface area (Å²) in [6.45, 7) is 4.51. The predicted molar refractivity (Wildman–Crippen MR) is 118 cm³/mol. The molecule has 3 aliphatic heterocycles. The van der Waals surface area contributed by atoms with Gasteiger partial charge in [0.25, 0.3) is 0 Å². The summed E-state index contributed by atoms with van der Waals surface area (Å²) in [4.78, 5) is 39.5. The molecule has 2 atom stereocenters. The van der Waals surface area contributed by atoms with Crippen molar-refractivity contribution in [3.8, 4) is 0 Å². The molecular weight excluding hydrogens is 392 g/mol. The maximum atomic E-state index is 12.8. The zero-order chi connectivity index (χ0) is 21.4. The Kier molecular flexibility index (Phi) is 5.15. The Morgan fingerprint density at radius 1 is 1.16 bits per heavy atom. The maximum absolute atomic E-state index is 12.8. The lowest BCUT2D eigenvalue weighted by Crippen LogP contribution is -2.32. The highest BCUT2D eigenvalue weighted by Gasteiger charge is 2.41. The van der Waals surface area contributed by atoms with Crippen LogP contribution in [0.15, 0.2) is 42.9 Å². The molecule has 0 aliphatic carbocycles. The third-order valence-electron chi connectivity index (χ3n) is 6.33. The first-order chi connectivity index (χ1) is 15.0. The van der Waals surface area contributed by atoms with Crippen molar-refractivity contribution in [1.82, 2.24) is 19.8 Å². The van der Waals surface area contributed by atoms with Crippen LogP contribution in [0.4, 0.5) is 11.5 Å². The van der Waals surface area contributed by atoms with E-state index in [0.29, 0.717) is 30.7 Å². The highest BCUT2D eigenvalue weighted by atomic mass is 16.2. The van der Waals surface area contributed by atoms with Crippen LogP contribution in [0.25, 0.3) is 6.08 Å². The van der Waals surface area contributed by atoms with Crippen LogP contribution in [0.1, 0.15) is 11.1 Å². The fourth-order valence-electron chi connectivity index (χ4n) is 4.81. The van der Waals surface area contributed by atoms with E-state index in [1.165, 1.54) is 0 Å². The van der Waals surface area contributed by atoms with Gasteiger partial charge in [0.2, 0.25) is 11.8 Å². The second-order valence-corrected chi connectivity index (χ2v) is 8.71. The molecule has 0 saturated carbocycles. The Balaban J connectivity index is 1.21. The molecule has 5 rings (SSSR count). The fourth-order valence-corrected chi connectivity index (χ4v) is 4.81. The Labute approximate surface area is 181 Å². The van der Waals surface area contributed by atoms with Crippen molar-refractivity contribution in [1.29, 1.82) is 0 Å². The van der Waals surface area contributed by atoms with Gasteiger partial charge in [-0.1, -0.05) is 0 Å². The van der Waals surface area contributed by atoms with Gasteiger partial charge in [0, 0.05) is 68.6 Å². The van der Waals surface area contributed by atoms with E-state index in [0.717, 1.165) is 43.0 Å². The number of likely N-dealkylation sites (N-methyl/N-ethyl adjacent to an activating group) is 1. The molecule has 0 spiro atoms. The number of nitrogens with one attached hydrogen (secondary N) is 1. The van der Waals surface area contributed by atoms with E-state index in [1.807, 2.05) is 41.3 Å². The minimum absolute atomic E-state index is 0.0442. The van der Waals surface area contributed by atoms with Gasteiger partial charge in [-0.15, -0.1) is 0 Å². The van der Waals surface area contributed by atoms with E-state index in [1.54, 1.807) is 18.5 Å². The van der Waals surface area contributed by atoms with Crippen LogP contribution in [0.2, 0.25) is 0 Å². The van der Waals surface area contributed by atoms with E-state index in [-0.39, 0.29) is 11.8 Å². The van der Waals surface area contributed by atoms with Crippen LogP contribution < -0.4 is 10.2 Å². The minimum atomic E-state index is -0.0612. The largest absolute Gasteiger partial charge is 0.370 e. The Morgan fingerprint density at radius 2 is 1.97 bits per heavy atom. The lowest BCUT2D eigenvalue weighted by atomic mass is 10.0. The predicted octanol–water partition coefficient (Wildman–Crippen LogP) is 1.47. The van der Waals surface area contributed by atoms with Crippen LogP contribution in [0, 0.1) is 11.8 Å². The van der Waals surface area contributed by atoms with Crippen molar-refractivity contribution < 1.29 is 9.59 Å². The molecule has 0 bridgehead atoms. The summed E-state index contributed by atoms with van der Waals surface area (Å²) < 4.78 is 0. The number of hydrogen-bond donors (Lipinski definition) is 1. The number of hydrogen-bond acceptors (Lipinski definition) is 6. The summed E-state index contributed by atoms with van der Waals surface area (Å²) in [7, 11) is 1.90. The Morgan fingerprint density at radius 3 is 2.71 bits per heavy atom. The van der Waals surface area contributed by atoms with Crippen LogP contribution in [0.5, 0.6) is 0 Å². The lowest BCUT2D eigenvalue weighted by Gasteiger charge is -2.22. The molecule has 0 unspecified atom stereocenters. The number of carbonyl (C=O) groups excluding carboxylic acids is 2. The van der Waals surface area contributed by atoms with Crippen LogP contribution in [-0.4, -0.2) is 71.4 Å². The molecule has 0 radical (unpaired) electrons. The zero-order valence-corrected chi connectivity index (χ0v) is 17.6. The van der Waals surface area contributed by atoms with Crippen molar-refractivity contribution in [3.63, 3.8) is 0 Å². The normalized spacial score (nSPS) is 23.6. The van der Waals surface area contributed by atoms with Crippen LogP contribution in [-0.2, 0) is 16.1 Å². The van der Waals surface area contributed by atoms with Crippen LogP contribution >= 0.6 is 0 Å². The number of pyridine rings is 2. The zero-order valence-electron chi connectivity index (χ0n) is 17.6. The van der Waals surface area contributed by atoms with E-state index in [4.69, 9.17) is 0 Å². The maximum Gasteiger partial charge on any atom is 0.246 e. The highest BCUT2D eigenvalue weighted by molar-refractivity contribution is 5.93. The molecule has 31 heavy (non-hydrogen) atoms. The van der Waals surface area contributed by atoms with Gasteiger partial charge >= 0.3 is 0 Å². The number of aromatic nitrogens is 2. The van der Waals surface area contributed by atoms with Crippen molar-refractivity contribution in [2.24, 2.45) is 11.8 Å². The first-order valence-corrected chi connectivity index (χ1v) is 10.6. The van der Waals surface area contributed by atoms with Gasteiger partial charge in [0.15, 0.2) is 0 Å². The van der Waals surface area contributed by atoms with Crippen molar-refractivity contribution in [2.45, 2.75) is 6.54 Å². The number of rotatable bonds is 3. The van der Waals surface area contributed by atoms with Gasteiger partial charge in [-0.05, 0) is 36.9 Å². The third kappa shape index (κ3) is 4.16. The SMILES string of the molecule is CN1CC(=O)Nc2ncc(/C=C/C(=O)N3C[C@@H]4CN(c5cccnc5)C[C@@H]4C3)cc2C1. The molecule has 3 aliphatic rings. The standard InChI is InChI=1S/C23H26N6O2/c1-27-10-17-7-16(8-25-23(17)26-21(30)15-27)4-5-22(31)29-13-18-11-28(12-19(18)14-29)20-3-2-6-24-9-20/h2-9,18-19H,10-15H2,1H3,(H,25,26,30)/b5-4+/t18-,19+. The summed E-state index contributed by atoms with van der Waals surface area (Å²) in [6.07, 6.45) is 8.85. The monoisotopic (exact) mass is 418 g/mol. The molecule has 2 aromatic rings. The molecular formula is C23H26N6O2. The quantitative estimate of drug-likeness (QED) is 0.761. The van der Waals surface area contributed by atoms with E-state index < -0.39 is 0 Å². The van der Waals surface area contributed by atoms with Gasteiger partial charge in [-0.3, -0.25) is 19.5 Å². The molecule has 2 amide bonds. The number of anilines is 2. The van der Waals surface area contributed by atoms with Crippen LogP contribution in [0.3, 0.4) is 0 Å². The molecule has 1 N–H and O–H groups in total. The second-order valence-electron chi connectivity index (χ2n) is 8.71. The first kappa shape index (κ1) is 19.7. The highest BCUT2D eigenvalue weighted by Crippen LogP contribution is 2.33. The molecule has 8 heteroatoms. The number of nitrogens with zero attached hydrogens (tertiary/aromatic N) is 5. The topological polar surface area (TPSA) is 81.7 Å². The molecule has 2 aromatic heterocycles. The third-order valence-corrected chi connectivity index (χ3v) is 6.33. The van der Waals surface area contributed by atoms with E-state index in [9.17, 15) is 9.59 Å². The average molecular weight is 419 g/mol. The van der Waals surface area contributed by atoms with Gasteiger partial charge < -0.3 is 15.1 Å². The first-order valence-electron chi connectivity index (χ1n) is 10.6. The van der Waals surface area contributed by atoms with E-state index >= 15 is 0 Å². The van der Waals surface area contributed by atoms with Gasteiger partial charge in [0.05, 0.1) is 18.4 Å². The summed E-state index contributed by atoms with van der Waals surface area (Å²) in [5, 5.41) is 2.83. The number of amides is 2. The second kappa shape index (κ2) is 8.11. The average Bonchev–Trinajstić information content (AvgIpc) is 3.29. The molecule has 2 saturated heterocycles. The minimum Gasteiger partial charge on any atom is -0.370 e. The number of likely N-dealkylation sites (tertiary alicyclic amines) is 1. The number of fused-ring (bicyclic) bond motifs is 2. The fraction of sp³-hybridized carbons (Fsp3) is 0.391. The summed E-state index contributed by atoms with van der Waals surface area (Å²) in [5.74, 6) is 1.59. The smallest absolute Gasteiger partial charge is 0.246 e. The van der Waals surface area contributed by atoms with Gasteiger partial charge in [-0.2, -0.15) is 0 Å². The lowest BCUT2D eigenvalue weighted by molar-refractivity contribution is -0.125. The summed E-state index contributed by atoms with van der Waals surface area (Å²) in [5.41, 5.74) is 2.97. The number of carbonyl (C=O) groups is 2. The molecule has 2 fully saturated rings. The van der Waals surface area contributed by atoms with Crippen molar-refractivity contribution >= 4 is 29.4 Å². The molecule has 5 heterocycles. The van der Waals surface area contributed by atoms with Crippen molar-refractivity contribution in [2.75, 3.05) is 50.0 Å². The molecule has 0 aromatic carbocycles.